The molecular weight excluding hydrogens is 372 g/mol. The van der Waals surface area contributed by atoms with Crippen LogP contribution in [0, 0.1) is 6.07 Å². The molecule has 0 bridgehead atoms. The third-order valence-corrected chi connectivity index (χ3v) is 5.32. The highest BCUT2D eigenvalue weighted by molar-refractivity contribution is 5.66. The second-order valence-electron chi connectivity index (χ2n) is 12.4. The summed E-state index contributed by atoms with van der Waals surface area (Å²) in [6, 6.07) is 7.58. The average molecular weight is 412 g/mol. The van der Waals surface area contributed by atoms with Crippen molar-refractivity contribution in [2.24, 2.45) is 0 Å². The molecule has 4 nitrogen and oxygen atoms in total. The van der Waals surface area contributed by atoms with E-state index in [1.54, 1.807) is 0 Å². The average Bonchev–Trinajstić information content (AvgIpc) is 2.90. The monoisotopic (exact) mass is 411 g/mol. The molecule has 0 fully saturated rings. The SMILES string of the molecule is CC(C)(C)c1cc(C(C)(C)C)c([N+]#Cc2c(C(C)(C)C)[nH]oc2=O)c(C(C)(C)C)c1. The molecule has 0 unspecified atom stereocenters. The van der Waals surface area contributed by atoms with E-state index in [1.807, 2.05) is 20.8 Å². The topological polar surface area (TPSA) is 50.4 Å². The Balaban J connectivity index is 2.90. The first kappa shape index (κ1) is 24.0. The van der Waals surface area contributed by atoms with Crippen molar-refractivity contribution < 1.29 is 4.52 Å². The number of aromatic nitrogens is 1. The first-order valence-corrected chi connectivity index (χ1v) is 10.7. The number of nitrogens with one attached hydrogen (secondary N) is 1. The van der Waals surface area contributed by atoms with Gasteiger partial charge in [0.1, 0.15) is 0 Å². The lowest BCUT2D eigenvalue weighted by Gasteiger charge is -2.28. The second kappa shape index (κ2) is 7.45. The maximum absolute atomic E-state index is 12.3. The van der Waals surface area contributed by atoms with Gasteiger partial charge in [0.05, 0.1) is 5.69 Å². The molecule has 0 atom stereocenters. The van der Waals surface area contributed by atoms with Gasteiger partial charge in [-0.15, -0.1) is 0 Å². The normalized spacial score (nSPS) is 13.2. The molecule has 30 heavy (non-hydrogen) atoms. The molecule has 4 heteroatoms. The maximum atomic E-state index is 12.3. The van der Waals surface area contributed by atoms with Crippen LogP contribution in [0.25, 0.3) is 4.85 Å². The fourth-order valence-corrected chi connectivity index (χ4v) is 3.37. The van der Waals surface area contributed by atoms with E-state index in [0.717, 1.165) is 16.8 Å². The van der Waals surface area contributed by atoms with Crippen LogP contribution in [0.4, 0.5) is 5.69 Å². The van der Waals surface area contributed by atoms with E-state index in [0.29, 0.717) is 11.3 Å². The highest BCUT2D eigenvalue weighted by Gasteiger charge is 2.35. The molecule has 2 aromatic rings. The molecule has 0 spiro atoms. The summed E-state index contributed by atoms with van der Waals surface area (Å²) in [5.41, 5.74) is 4.64. The minimum Gasteiger partial charge on any atom is -0.337 e. The number of hydrogen-bond donors (Lipinski definition) is 1. The zero-order chi connectivity index (χ0) is 23.3. The zero-order valence-corrected chi connectivity index (χ0v) is 20.9. The van der Waals surface area contributed by atoms with Crippen molar-refractivity contribution in [3.8, 4) is 6.07 Å². The van der Waals surface area contributed by atoms with Crippen molar-refractivity contribution in [3.63, 3.8) is 0 Å². The Kier molecular flexibility index (Phi) is 5.96. The van der Waals surface area contributed by atoms with Crippen LogP contribution in [-0.4, -0.2) is 5.16 Å². The van der Waals surface area contributed by atoms with E-state index < -0.39 is 5.63 Å². The lowest BCUT2D eigenvalue weighted by atomic mass is 9.74. The van der Waals surface area contributed by atoms with Crippen molar-refractivity contribution in [3.05, 3.63) is 55.3 Å². The minimum absolute atomic E-state index is 0.0209. The van der Waals surface area contributed by atoms with Crippen LogP contribution in [0.1, 0.15) is 111 Å². The summed E-state index contributed by atoms with van der Waals surface area (Å²) in [6.45, 7) is 26.0. The van der Waals surface area contributed by atoms with Crippen LogP contribution in [0.15, 0.2) is 21.5 Å². The fraction of sp³-hybridized carbons (Fsp3) is 0.615. The highest BCUT2D eigenvalue weighted by atomic mass is 16.5. The largest absolute Gasteiger partial charge is 0.379 e. The van der Waals surface area contributed by atoms with Gasteiger partial charge in [-0.3, -0.25) is 0 Å². The first-order valence-electron chi connectivity index (χ1n) is 10.7. The smallest absolute Gasteiger partial charge is 0.337 e. The second-order valence-corrected chi connectivity index (χ2v) is 12.4. The number of benzene rings is 1. The van der Waals surface area contributed by atoms with Gasteiger partial charge in [-0.05, 0) is 38.8 Å². The van der Waals surface area contributed by atoms with Crippen molar-refractivity contribution in [1.82, 2.24) is 5.16 Å². The first-order chi connectivity index (χ1) is 13.3. The van der Waals surface area contributed by atoms with E-state index in [4.69, 9.17) is 9.37 Å². The molecule has 0 aliphatic heterocycles. The Labute approximate surface area is 181 Å². The number of aromatic amines is 1. The van der Waals surface area contributed by atoms with Gasteiger partial charge in [-0.1, -0.05) is 83.1 Å². The molecule has 0 amide bonds. The van der Waals surface area contributed by atoms with E-state index in [2.05, 4.69) is 85.7 Å². The van der Waals surface area contributed by atoms with Crippen molar-refractivity contribution in [1.29, 1.82) is 0 Å². The van der Waals surface area contributed by atoms with Gasteiger partial charge in [0.15, 0.2) is 0 Å². The van der Waals surface area contributed by atoms with Gasteiger partial charge in [0.25, 0.3) is 0 Å². The highest BCUT2D eigenvalue weighted by Crippen LogP contribution is 2.43. The molecule has 0 aliphatic carbocycles. The van der Waals surface area contributed by atoms with E-state index in [-0.39, 0.29) is 21.7 Å². The quantitative estimate of drug-likeness (QED) is 0.499. The van der Waals surface area contributed by atoms with Gasteiger partial charge in [0.2, 0.25) is 5.56 Å². The van der Waals surface area contributed by atoms with E-state index in [9.17, 15) is 4.79 Å². The molecule has 2 rings (SSSR count). The number of H-pyrrole nitrogens is 1. The number of hydrogen-bond acceptors (Lipinski definition) is 2. The molecule has 1 aromatic carbocycles. The standard InChI is InChI=1S/C26H38N2O2/c1-23(2,3)16-13-18(24(4,5)6)20(19(14-16)25(7,8)9)27-15-17-21(26(10,11)12)28-30-22(17)29/h13-14H,1-12H3/p+1. The molecular formula is C26H39N2O2+. The van der Waals surface area contributed by atoms with Crippen molar-refractivity contribution in [2.45, 2.75) is 105 Å². The summed E-state index contributed by atoms with van der Waals surface area (Å²) in [4.78, 5) is 17.1. The van der Waals surface area contributed by atoms with Crippen LogP contribution in [0.2, 0.25) is 0 Å². The molecule has 0 aliphatic rings. The van der Waals surface area contributed by atoms with E-state index in [1.165, 1.54) is 5.56 Å². The zero-order valence-electron chi connectivity index (χ0n) is 20.9. The minimum atomic E-state index is -0.440. The summed E-state index contributed by atoms with van der Waals surface area (Å²) in [6.07, 6.45) is 0. The van der Waals surface area contributed by atoms with Crippen molar-refractivity contribution in [2.75, 3.05) is 0 Å². The summed E-state index contributed by atoms with van der Waals surface area (Å²) >= 11 is 0. The summed E-state index contributed by atoms with van der Waals surface area (Å²) in [5.74, 6) is 0. The van der Waals surface area contributed by atoms with Crippen LogP contribution in [-0.2, 0) is 21.7 Å². The van der Waals surface area contributed by atoms with Gasteiger partial charge in [0, 0.05) is 16.5 Å². The molecule has 1 heterocycles. The Hall–Kier alpha value is -2.28. The Morgan fingerprint density at radius 2 is 1.23 bits per heavy atom. The third-order valence-electron chi connectivity index (χ3n) is 5.32. The molecule has 1 aromatic heterocycles. The molecule has 0 saturated heterocycles. The van der Waals surface area contributed by atoms with Crippen LogP contribution >= 0.6 is 0 Å². The summed E-state index contributed by atoms with van der Waals surface area (Å²) < 4.78 is 5.07. The third kappa shape index (κ3) is 5.06. The van der Waals surface area contributed by atoms with Crippen LogP contribution < -0.4 is 5.63 Å². The molecule has 1 N–H and O–H groups in total. The Bertz CT molecular complexity index is 1010. The van der Waals surface area contributed by atoms with Gasteiger partial charge in [-0.25, -0.2) is 9.95 Å². The van der Waals surface area contributed by atoms with Crippen molar-refractivity contribution >= 4 is 5.69 Å². The molecule has 0 saturated carbocycles. The predicted molar refractivity (Wildman–Crippen MR) is 127 cm³/mol. The van der Waals surface area contributed by atoms with Gasteiger partial charge in [-0.2, -0.15) is 0 Å². The Morgan fingerprint density at radius 3 is 1.60 bits per heavy atom. The Morgan fingerprint density at radius 1 is 0.767 bits per heavy atom. The molecule has 0 radical (unpaired) electrons. The predicted octanol–water partition coefficient (Wildman–Crippen LogP) is 7.17. The lowest BCUT2D eigenvalue weighted by Crippen LogP contribution is -2.21. The van der Waals surface area contributed by atoms with E-state index >= 15 is 0 Å². The molecule has 164 valence electrons. The van der Waals surface area contributed by atoms with Crippen LogP contribution in [0.3, 0.4) is 0 Å². The maximum Gasteiger partial charge on any atom is 0.379 e. The van der Waals surface area contributed by atoms with Crippen LogP contribution in [0.5, 0.6) is 0 Å². The number of nitrogens with zero attached hydrogens (tertiary/aromatic N) is 1. The fourth-order valence-electron chi connectivity index (χ4n) is 3.37. The summed E-state index contributed by atoms with van der Waals surface area (Å²) in [7, 11) is 0. The lowest BCUT2D eigenvalue weighted by molar-refractivity contribution is 0.370. The van der Waals surface area contributed by atoms with Gasteiger partial charge < -0.3 is 4.52 Å². The number of rotatable bonds is 0. The van der Waals surface area contributed by atoms with Gasteiger partial charge >= 0.3 is 17.4 Å². The summed E-state index contributed by atoms with van der Waals surface area (Å²) in [5, 5.41) is 2.76.